The molecule has 4 heteroatoms. The predicted molar refractivity (Wildman–Crippen MR) is 73.1 cm³/mol. The molecule has 2 rings (SSSR count). The van der Waals surface area contributed by atoms with Crippen molar-refractivity contribution in [3.63, 3.8) is 0 Å². The van der Waals surface area contributed by atoms with Crippen molar-refractivity contribution in [3.05, 3.63) is 42.0 Å². The Labute approximate surface area is 106 Å². The second-order valence-corrected chi connectivity index (χ2v) is 4.16. The molecule has 0 saturated carbocycles. The van der Waals surface area contributed by atoms with Gasteiger partial charge >= 0.3 is 0 Å². The van der Waals surface area contributed by atoms with Crippen LogP contribution in [0.1, 0.15) is 5.56 Å². The molecule has 0 aliphatic rings. The molecule has 0 aliphatic heterocycles. The summed E-state index contributed by atoms with van der Waals surface area (Å²) in [6.45, 7) is 0. The molecule has 1 aromatic carbocycles. The maximum absolute atomic E-state index is 9.11. The molecule has 0 unspecified atom stereocenters. The van der Waals surface area contributed by atoms with E-state index >= 15 is 0 Å². The number of nitrogens with two attached hydrogens (primary N) is 1. The third-order valence-electron chi connectivity index (χ3n) is 2.69. The van der Waals surface area contributed by atoms with Gasteiger partial charge in [-0.2, -0.15) is 5.26 Å². The van der Waals surface area contributed by atoms with Gasteiger partial charge in [0.25, 0.3) is 0 Å². The summed E-state index contributed by atoms with van der Waals surface area (Å²) in [5.74, 6) is 0.266. The van der Waals surface area contributed by atoms with Crippen LogP contribution in [0, 0.1) is 11.3 Å². The van der Waals surface area contributed by atoms with Gasteiger partial charge in [0.05, 0.1) is 11.4 Å². The second-order valence-electron chi connectivity index (χ2n) is 4.16. The van der Waals surface area contributed by atoms with Crippen molar-refractivity contribution in [2.45, 2.75) is 0 Å². The third kappa shape index (κ3) is 2.11. The van der Waals surface area contributed by atoms with E-state index in [2.05, 4.69) is 11.1 Å². The fourth-order valence-electron chi connectivity index (χ4n) is 1.77. The average Bonchev–Trinajstić information content (AvgIpc) is 2.38. The molecule has 0 aliphatic carbocycles. The van der Waals surface area contributed by atoms with Gasteiger partial charge in [0, 0.05) is 19.7 Å². The summed E-state index contributed by atoms with van der Waals surface area (Å²) in [6, 6.07) is 13.7. The third-order valence-corrected chi connectivity index (χ3v) is 2.69. The molecule has 0 spiro atoms. The van der Waals surface area contributed by atoms with Crippen molar-refractivity contribution >= 4 is 11.5 Å². The van der Waals surface area contributed by atoms with Crippen LogP contribution < -0.4 is 10.6 Å². The lowest BCUT2D eigenvalue weighted by molar-refractivity contribution is 1.11. The number of pyridine rings is 1. The molecule has 0 atom stereocenters. The summed E-state index contributed by atoms with van der Waals surface area (Å²) in [4.78, 5) is 6.15. The summed E-state index contributed by atoms with van der Waals surface area (Å²) in [6.07, 6.45) is 0. The molecule has 0 radical (unpaired) electrons. The highest BCUT2D eigenvalue weighted by Gasteiger charge is 2.12. The van der Waals surface area contributed by atoms with Crippen LogP contribution in [-0.4, -0.2) is 19.1 Å². The monoisotopic (exact) mass is 238 g/mol. The summed E-state index contributed by atoms with van der Waals surface area (Å²) in [5, 5.41) is 9.11. The molecule has 18 heavy (non-hydrogen) atoms. The van der Waals surface area contributed by atoms with Gasteiger partial charge in [-0.1, -0.05) is 30.3 Å². The topological polar surface area (TPSA) is 65.9 Å². The van der Waals surface area contributed by atoms with Gasteiger partial charge in [0.2, 0.25) is 0 Å². The van der Waals surface area contributed by atoms with Crippen LogP contribution in [0.2, 0.25) is 0 Å². The largest absolute Gasteiger partial charge is 0.383 e. The highest BCUT2D eigenvalue weighted by atomic mass is 15.1. The summed E-state index contributed by atoms with van der Waals surface area (Å²) in [7, 11) is 3.76. The molecule has 1 aromatic heterocycles. The lowest BCUT2D eigenvalue weighted by atomic mass is 10.1. The van der Waals surface area contributed by atoms with E-state index in [1.165, 1.54) is 0 Å². The molecule has 0 bridgehead atoms. The minimum absolute atomic E-state index is 0.266. The maximum Gasteiger partial charge on any atom is 0.144 e. The quantitative estimate of drug-likeness (QED) is 0.871. The van der Waals surface area contributed by atoms with Crippen LogP contribution >= 0.6 is 0 Å². The van der Waals surface area contributed by atoms with Gasteiger partial charge in [0.1, 0.15) is 17.5 Å². The zero-order valence-electron chi connectivity index (χ0n) is 10.4. The molecule has 2 aromatic rings. The number of nitrogens with zero attached hydrogens (tertiary/aromatic N) is 3. The van der Waals surface area contributed by atoms with Crippen molar-refractivity contribution < 1.29 is 0 Å². The standard InChI is InChI=1S/C14H14N4/c1-18(2)13-8-12(10-6-4-3-5-7-10)17-14(16)11(13)9-15/h3-8H,1-2H3,(H2,16,17). The van der Waals surface area contributed by atoms with Crippen LogP contribution in [0.4, 0.5) is 11.5 Å². The van der Waals surface area contributed by atoms with E-state index in [0.29, 0.717) is 5.56 Å². The van der Waals surface area contributed by atoms with Crippen LogP contribution in [0.15, 0.2) is 36.4 Å². The molecular formula is C14H14N4. The van der Waals surface area contributed by atoms with Crippen LogP contribution in [-0.2, 0) is 0 Å². The van der Waals surface area contributed by atoms with Crippen LogP contribution in [0.5, 0.6) is 0 Å². The number of hydrogen-bond acceptors (Lipinski definition) is 4. The van der Waals surface area contributed by atoms with Crippen LogP contribution in [0.25, 0.3) is 11.3 Å². The first-order valence-corrected chi connectivity index (χ1v) is 5.57. The zero-order valence-corrected chi connectivity index (χ0v) is 10.4. The minimum atomic E-state index is 0.266. The lowest BCUT2D eigenvalue weighted by Crippen LogP contribution is -2.12. The van der Waals surface area contributed by atoms with Gasteiger partial charge in [0.15, 0.2) is 0 Å². The minimum Gasteiger partial charge on any atom is -0.383 e. The molecule has 0 amide bonds. The number of nitrogen functional groups attached to an aromatic ring is 1. The predicted octanol–water partition coefficient (Wildman–Crippen LogP) is 2.27. The highest BCUT2D eigenvalue weighted by Crippen LogP contribution is 2.28. The van der Waals surface area contributed by atoms with Crippen LogP contribution in [0.3, 0.4) is 0 Å². The van der Waals surface area contributed by atoms with E-state index in [-0.39, 0.29) is 5.82 Å². The fourth-order valence-corrected chi connectivity index (χ4v) is 1.77. The lowest BCUT2D eigenvalue weighted by Gasteiger charge is -2.16. The van der Waals surface area contributed by atoms with Crippen molar-refractivity contribution in [2.75, 3.05) is 24.7 Å². The van der Waals surface area contributed by atoms with Gasteiger partial charge in [-0.05, 0) is 6.07 Å². The number of rotatable bonds is 2. The van der Waals surface area contributed by atoms with Gasteiger partial charge in [-0.3, -0.25) is 0 Å². The van der Waals surface area contributed by atoms with Gasteiger partial charge < -0.3 is 10.6 Å². The van der Waals surface area contributed by atoms with E-state index in [0.717, 1.165) is 16.9 Å². The van der Waals surface area contributed by atoms with E-state index in [4.69, 9.17) is 11.0 Å². The van der Waals surface area contributed by atoms with Crippen molar-refractivity contribution in [3.8, 4) is 17.3 Å². The summed E-state index contributed by atoms with van der Waals surface area (Å²) in [5.41, 5.74) is 8.80. The zero-order chi connectivity index (χ0) is 13.1. The number of hydrogen-bond donors (Lipinski definition) is 1. The smallest absolute Gasteiger partial charge is 0.144 e. The van der Waals surface area contributed by atoms with Crippen molar-refractivity contribution in [1.82, 2.24) is 4.98 Å². The van der Waals surface area contributed by atoms with Crippen molar-refractivity contribution in [1.29, 1.82) is 5.26 Å². The average molecular weight is 238 g/mol. The van der Waals surface area contributed by atoms with Crippen molar-refractivity contribution in [2.24, 2.45) is 0 Å². The van der Waals surface area contributed by atoms with E-state index in [9.17, 15) is 0 Å². The summed E-state index contributed by atoms with van der Waals surface area (Å²) < 4.78 is 0. The Kier molecular flexibility index (Phi) is 3.16. The Balaban J connectivity index is 2.63. The first kappa shape index (κ1) is 11.9. The molecule has 90 valence electrons. The van der Waals surface area contributed by atoms with E-state index < -0.39 is 0 Å². The number of anilines is 2. The first-order chi connectivity index (χ1) is 8.63. The molecule has 1 heterocycles. The highest BCUT2D eigenvalue weighted by molar-refractivity contribution is 5.74. The Bertz CT molecular complexity index is 597. The molecule has 0 saturated heterocycles. The Morgan fingerprint density at radius 2 is 1.89 bits per heavy atom. The number of nitriles is 1. The first-order valence-electron chi connectivity index (χ1n) is 5.57. The maximum atomic E-state index is 9.11. The number of benzene rings is 1. The SMILES string of the molecule is CN(C)c1cc(-c2ccccc2)nc(N)c1C#N. The summed E-state index contributed by atoms with van der Waals surface area (Å²) >= 11 is 0. The normalized spacial score (nSPS) is 9.83. The second kappa shape index (κ2) is 4.76. The van der Waals surface area contributed by atoms with Gasteiger partial charge in [-0.25, -0.2) is 4.98 Å². The fraction of sp³-hybridized carbons (Fsp3) is 0.143. The Morgan fingerprint density at radius 1 is 1.22 bits per heavy atom. The molecule has 2 N–H and O–H groups in total. The molecule has 4 nitrogen and oxygen atoms in total. The molecule has 0 fully saturated rings. The van der Waals surface area contributed by atoms with Gasteiger partial charge in [-0.15, -0.1) is 0 Å². The Morgan fingerprint density at radius 3 is 2.44 bits per heavy atom. The Hall–Kier alpha value is -2.54. The molecular weight excluding hydrogens is 224 g/mol. The van der Waals surface area contributed by atoms with E-state index in [1.54, 1.807) is 0 Å². The number of aromatic nitrogens is 1. The van der Waals surface area contributed by atoms with E-state index in [1.807, 2.05) is 55.4 Å².